The number of fused-ring (bicyclic) bond motifs is 5. The summed E-state index contributed by atoms with van der Waals surface area (Å²) in [5, 5.41) is 1.79. The van der Waals surface area contributed by atoms with Gasteiger partial charge in [-0.1, -0.05) is 156 Å². The third-order valence-corrected chi connectivity index (χ3v) is 12.3. The molecule has 11 rings (SSSR count). The van der Waals surface area contributed by atoms with E-state index in [0.717, 1.165) is 55.6 Å². The van der Waals surface area contributed by atoms with Crippen molar-refractivity contribution in [1.29, 1.82) is 0 Å². The number of rotatable bonds is 7. The Kier molecular flexibility index (Phi) is 9.43. The van der Waals surface area contributed by atoms with Gasteiger partial charge in [-0.25, -0.2) is 4.98 Å². The minimum atomic E-state index is -0.308. The summed E-state index contributed by atoms with van der Waals surface area (Å²) in [6, 6.07) is 53.0. The molecule has 0 aliphatic rings. The molecule has 0 amide bonds. The second kappa shape index (κ2) is 16.3. The summed E-state index contributed by atoms with van der Waals surface area (Å²) < 4.78 is 47.0. The number of hydrogen-bond acceptors (Lipinski definition) is 2. The second-order valence-electron chi connectivity index (χ2n) is 18.6. The molecule has 5 nitrogen and oxygen atoms in total. The number of furan rings is 1. The quantitative estimate of drug-likeness (QED) is 0.118. The van der Waals surface area contributed by atoms with E-state index in [4.69, 9.17) is 14.9 Å². The van der Waals surface area contributed by atoms with Gasteiger partial charge in [-0.05, 0) is 79.9 Å². The van der Waals surface area contributed by atoms with Gasteiger partial charge in [0, 0.05) is 32.8 Å². The summed E-state index contributed by atoms with van der Waals surface area (Å²) in [5.74, 6) is 0.500. The Hall–Kier alpha value is -6.81. The minimum absolute atomic E-state index is 0. The van der Waals surface area contributed by atoms with Gasteiger partial charge in [0.05, 0.1) is 33.9 Å². The van der Waals surface area contributed by atoms with Crippen LogP contribution < -0.4 is 4.57 Å². The fraction of sp³-hybridized carbons (Fsp3) is 0.153. The molecule has 0 atom stereocenters. The molecule has 7 aromatic carbocycles. The van der Waals surface area contributed by atoms with Crippen LogP contribution in [0.4, 0.5) is 0 Å². The molecule has 4 heterocycles. The molecule has 11 aromatic rings. The molecule has 65 heavy (non-hydrogen) atoms. The molecular weight excluding hydrogens is 976 g/mol. The molecule has 0 aliphatic carbocycles. The standard InChI is InChI=1S/C59H48N4O.Pt/c1-58(2,3)42-28-26-41(27-29-42)44-19-14-20-48(45-17-7-9-21-50(45)59(4,5)6)56(44)62-38-61(52-23-11-12-24-53(52)62)43-16-13-15-39(36-43)35-40-25-30-47-46-18-8-10-22-51(46)63(54(47)37-40)57-49-32-34-64-55(49)31-33-60-57;/h7-34H,35H2,1-6H3;/q-2;/i8D,10D,18D,22D;. The molecule has 0 saturated heterocycles. The van der Waals surface area contributed by atoms with E-state index < -0.39 is 0 Å². The van der Waals surface area contributed by atoms with E-state index in [1.807, 2.05) is 24.3 Å². The number of imidazole rings is 1. The van der Waals surface area contributed by atoms with Crippen LogP contribution in [0.2, 0.25) is 0 Å². The first-order valence-corrected chi connectivity index (χ1v) is 21.8. The van der Waals surface area contributed by atoms with Gasteiger partial charge < -0.3 is 13.6 Å². The van der Waals surface area contributed by atoms with Crippen molar-refractivity contribution in [2.75, 3.05) is 0 Å². The number of nitrogens with zero attached hydrogens (tertiary/aromatic N) is 4. The van der Waals surface area contributed by atoms with Crippen LogP contribution in [-0.2, 0) is 38.3 Å². The van der Waals surface area contributed by atoms with Crippen LogP contribution in [-0.4, -0.2) is 14.1 Å². The molecule has 0 saturated carbocycles. The summed E-state index contributed by atoms with van der Waals surface area (Å²) in [6.07, 6.45) is 7.55. The smallest absolute Gasteiger partial charge is 0.268 e. The Morgan fingerprint density at radius 2 is 1.38 bits per heavy atom. The topological polar surface area (TPSA) is 39.8 Å². The SMILES string of the molecule is [2H]c1c([2H])c([2H])c2c(c1[2H])c1ccc(Cc3[c-]c(-n4[c-][n+](-c5c(-c6ccc(C(C)(C)C)cc6)cccc5-c5ccccc5C(C)(C)C)c5ccccc54)ccc3)[c-]c1n2-c1nccc2occc12.[Pt]. The zero-order chi connectivity index (χ0) is 47.2. The Morgan fingerprint density at radius 3 is 2.22 bits per heavy atom. The van der Waals surface area contributed by atoms with Crippen LogP contribution in [0.5, 0.6) is 0 Å². The van der Waals surface area contributed by atoms with Gasteiger partial charge in [-0.2, -0.15) is 53.6 Å². The normalized spacial score (nSPS) is 13.0. The molecule has 0 spiro atoms. The molecule has 6 heteroatoms. The van der Waals surface area contributed by atoms with Crippen molar-refractivity contribution in [3.63, 3.8) is 0 Å². The molecule has 0 fully saturated rings. The number of pyridine rings is 1. The van der Waals surface area contributed by atoms with Gasteiger partial charge in [-0.15, -0.1) is 5.39 Å². The first kappa shape index (κ1) is 37.6. The fourth-order valence-corrected chi connectivity index (χ4v) is 9.16. The van der Waals surface area contributed by atoms with Crippen molar-refractivity contribution in [2.45, 2.75) is 58.8 Å². The van der Waals surface area contributed by atoms with Crippen molar-refractivity contribution in [3.8, 4) is 39.4 Å². The third kappa shape index (κ3) is 7.42. The van der Waals surface area contributed by atoms with Crippen molar-refractivity contribution in [1.82, 2.24) is 14.1 Å². The monoisotopic (exact) mass is 1030 g/mol. The van der Waals surface area contributed by atoms with E-state index in [1.165, 1.54) is 16.7 Å². The zero-order valence-corrected chi connectivity index (χ0v) is 39.3. The predicted molar refractivity (Wildman–Crippen MR) is 261 cm³/mol. The first-order chi connectivity index (χ1) is 32.7. The summed E-state index contributed by atoms with van der Waals surface area (Å²) in [7, 11) is 0. The zero-order valence-electron chi connectivity index (χ0n) is 41.1. The second-order valence-corrected chi connectivity index (χ2v) is 18.6. The van der Waals surface area contributed by atoms with E-state index in [-0.39, 0.29) is 56.1 Å². The maximum absolute atomic E-state index is 9.06. The van der Waals surface area contributed by atoms with Crippen molar-refractivity contribution >= 4 is 43.8 Å². The molecule has 4 aromatic heterocycles. The van der Waals surface area contributed by atoms with Gasteiger partial charge in [0.2, 0.25) is 0 Å². The van der Waals surface area contributed by atoms with E-state index in [0.29, 0.717) is 39.6 Å². The first-order valence-electron chi connectivity index (χ1n) is 23.8. The molecule has 0 bridgehead atoms. The van der Waals surface area contributed by atoms with Gasteiger partial charge in [0.25, 0.3) is 6.33 Å². The molecule has 322 valence electrons. The van der Waals surface area contributed by atoms with E-state index >= 15 is 0 Å². The number of aromatic nitrogens is 4. The molecule has 0 aliphatic heterocycles. The summed E-state index contributed by atoms with van der Waals surface area (Å²) in [6.45, 7) is 13.5. The summed E-state index contributed by atoms with van der Waals surface area (Å²) in [4.78, 5) is 4.74. The van der Waals surface area contributed by atoms with Crippen LogP contribution in [0.3, 0.4) is 0 Å². The van der Waals surface area contributed by atoms with Crippen molar-refractivity contribution < 1.29 is 35.5 Å². The van der Waals surface area contributed by atoms with Gasteiger partial charge in [0.1, 0.15) is 11.4 Å². The average molecular weight is 1030 g/mol. The molecule has 0 radical (unpaired) electrons. The number of hydrogen-bond donors (Lipinski definition) is 0. The number of benzene rings is 7. The van der Waals surface area contributed by atoms with Gasteiger partial charge in [0.15, 0.2) is 0 Å². The third-order valence-electron chi connectivity index (χ3n) is 12.3. The molecule has 0 N–H and O–H groups in total. The van der Waals surface area contributed by atoms with Gasteiger partial charge >= 0.3 is 0 Å². The van der Waals surface area contributed by atoms with Crippen LogP contribution >= 0.6 is 0 Å². The Bertz CT molecular complexity index is 3800. The Balaban J connectivity index is 0.00000553. The predicted octanol–water partition coefficient (Wildman–Crippen LogP) is 14.1. The Labute approximate surface area is 400 Å². The van der Waals surface area contributed by atoms with E-state index in [9.17, 15) is 0 Å². The number of para-hydroxylation sites is 4. The van der Waals surface area contributed by atoms with Crippen LogP contribution in [0.1, 0.15) is 69.3 Å². The molecule has 0 unspecified atom stereocenters. The maximum atomic E-state index is 9.06. The Morgan fingerprint density at radius 1 is 0.646 bits per heavy atom. The average Bonchev–Trinajstić information content (AvgIpc) is 4.07. The van der Waals surface area contributed by atoms with Crippen molar-refractivity contribution in [3.05, 3.63) is 211 Å². The summed E-state index contributed by atoms with van der Waals surface area (Å²) in [5.41, 5.74) is 14.2. The van der Waals surface area contributed by atoms with Crippen LogP contribution in [0.15, 0.2) is 175 Å². The van der Waals surface area contributed by atoms with Crippen LogP contribution in [0, 0.1) is 18.5 Å². The van der Waals surface area contributed by atoms with E-state index in [2.05, 4.69) is 172 Å². The maximum Gasteiger partial charge on any atom is 0.268 e. The van der Waals surface area contributed by atoms with E-state index in [1.54, 1.807) is 23.1 Å². The van der Waals surface area contributed by atoms with Gasteiger partial charge in [-0.3, -0.25) is 4.57 Å². The minimum Gasteiger partial charge on any atom is -0.464 e. The molecular formula is C59H48N4OPt-2. The largest absolute Gasteiger partial charge is 0.464 e. The van der Waals surface area contributed by atoms with Crippen LogP contribution in [0.25, 0.3) is 83.3 Å². The fourth-order valence-electron chi connectivity index (χ4n) is 9.16. The summed E-state index contributed by atoms with van der Waals surface area (Å²) >= 11 is 0. The van der Waals surface area contributed by atoms with Crippen molar-refractivity contribution in [2.24, 2.45) is 0 Å².